The summed E-state index contributed by atoms with van der Waals surface area (Å²) in [6.45, 7) is 0. The molecule has 0 aromatic carbocycles. The molecule has 0 saturated carbocycles. The molecule has 2 aromatic heterocycles. The molecule has 0 radical (unpaired) electrons. The molecule has 92 valence electrons. The van der Waals surface area contributed by atoms with Crippen molar-refractivity contribution in [3.8, 4) is 0 Å². The highest BCUT2D eigenvalue weighted by Crippen LogP contribution is 2.27. The van der Waals surface area contributed by atoms with E-state index in [0.717, 1.165) is 14.9 Å². The van der Waals surface area contributed by atoms with Crippen molar-refractivity contribution in [1.29, 1.82) is 0 Å². The van der Waals surface area contributed by atoms with Gasteiger partial charge in [0.1, 0.15) is 22.1 Å². The van der Waals surface area contributed by atoms with E-state index in [2.05, 4.69) is 15.0 Å². The van der Waals surface area contributed by atoms with E-state index in [1.807, 2.05) is 12.3 Å². The Labute approximate surface area is 112 Å². The van der Waals surface area contributed by atoms with Gasteiger partial charge in [-0.25, -0.2) is 19.7 Å². The van der Waals surface area contributed by atoms with Crippen LogP contribution in [0.5, 0.6) is 0 Å². The number of thioether (sulfide) groups is 1. The maximum Gasteiger partial charge on any atom is 0.354 e. The summed E-state index contributed by atoms with van der Waals surface area (Å²) in [4.78, 5) is 23.6. The van der Waals surface area contributed by atoms with Gasteiger partial charge in [-0.2, -0.15) is 0 Å². The lowest BCUT2D eigenvalue weighted by molar-refractivity contribution is 0.0690. The summed E-state index contributed by atoms with van der Waals surface area (Å²) in [7, 11) is 0. The van der Waals surface area contributed by atoms with Gasteiger partial charge in [0.15, 0.2) is 0 Å². The topological polar surface area (TPSA) is 76.0 Å². The number of carboxylic acid groups (broad SMARTS) is 1. The van der Waals surface area contributed by atoms with Gasteiger partial charge in [0, 0.05) is 17.2 Å². The van der Waals surface area contributed by atoms with Gasteiger partial charge in [0.2, 0.25) is 0 Å². The molecule has 0 fully saturated rings. The summed E-state index contributed by atoms with van der Waals surface area (Å²) in [5, 5.41) is 10.5. The van der Waals surface area contributed by atoms with Crippen molar-refractivity contribution in [2.24, 2.45) is 0 Å². The number of carbonyl (C=O) groups is 1. The Morgan fingerprint density at radius 2 is 2.00 bits per heavy atom. The van der Waals surface area contributed by atoms with Crippen LogP contribution in [-0.4, -0.2) is 32.3 Å². The average molecular weight is 279 g/mol. The molecule has 2 heterocycles. The quantitative estimate of drug-likeness (QED) is 0.680. The van der Waals surface area contributed by atoms with Crippen molar-refractivity contribution >= 4 is 29.5 Å². The highest BCUT2D eigenvalue weighted by molar-refractivity contribution is 7.99. The maximum absolute atomic E-state index is 10.8. The van der Waals surface area contributed by atoms with Gasteiger partial charge in [-0.1, -0.05) is 11.8 Å². The van der Waals surface area contributed by atoms with E-state index < -0.39 is 5.97 Å². The van der Waals surface area contributed by atoms with Gasteiger partial charge in [-0.05, 0) is 18.4 Å². The number of nitrogens with zero attached hydrogens (tertiary/aromatic N) is 3. The van der Waals surface area contributed by atoms with Crippen molar-refractivity contribution in [2.75, 3.05) is 6.26 Å². The summed E-state index contributed by atoms with van der Waals surface area (Å²) >= 11 is 2.91. The zero-order valence-electron chi connectivity index (χ0n) is 9.40. The summed E-state index contributed by atoms with van der Waals surface area (Å²) in [5.74, 6) is -1.04. The fourth-order valence-corrected chi connectivity index (χ4v) is 2.47. The number of carboxylic acids is 1. The second-order valence-electron chi connectivity index (χ2n) is 3.18. The van der Waals surface area contributed by atoms with Gasteiger partial charge >= 0.3 is 5.97 Å². The molecule has 0 aliphatic rings. The van der Waals surface area contributed by atoms with Crippen LogP contribution in [0.1, 0.15) is 10.5 Å². The molecule has 0 atom stereocenters. The third kappa shape index (κ3) is 3.21. The highest BCUT2D eigenvalue weighted by atomic mass is 32.2. The molecule has 2 rings (SSSR count). The lowest BCUT2D eigenvalue weighted by atomic mass is 10.3. The number of hydrogen-bond acceptors (Lipinski definition) is 6. The smallest absolute Gasteiger partial charge is 0.354 e. The first-order chi connectivity index (χ1) is 8.69. The van der Waals surface area contributed by atoms with Crippen molar-refractivity contribution in [1.82, 2.24) is 15.0 Å². The van der Waals surface area contributed by atoms with Crippen LogP contribution in [0.25, 0.3) is 0 Å². The van der Waals surface area contributed by atoms with E-state index in [1.165, 1.54) is 42.1 Å². The largest absolute Gasteiger partial charge is 0.477 e. The predicted molar refractivity (Wildman–Crippen MR) is 69.1 cm³/mol. The molecule has 18 heavy (non-hydrogen) atoms. The second kappa shape index (κ2) is 5.83. The fourth-order valence-electron chi connectivity index (χ4n) is 1.20. The molecule has 2 aromatic rings. The Morgan fingerprint density at radius 1 is 1.22 bits per heavy atom. The molecule has 0 aliphatic carbocycles. The third-order valence-corrected chi connectivity index (χ3v) is 3.56. The van der Waals surface area contributed by atoms with Crippen molar-refractivity contribution < 1.29 is 9.90 Å². The highest BCUT2D eigenvalue weighted by Gasteiger charge is 2.07. The van der Waals surface area contributed by atoms with Gasteiger partial charge in [0.05, 0.1) is 0 Å². The molecule has 0 spiro atoms. The van der Waals surface area contributed by atoms with E-state index in [-0.39, 0.29) is 5.69 Å². The minimum Gasteiger partial charge on any atom is -0.477 e. The molecule has 1 N–H and O–H groups in total. The van der Waals surface area contributed by atoms with Crippen molar-refractivity contribution in [2.45, 2.75) is 14.9 Å². The Hall–Kier alpha value is -1.60. The van der Waals surface area contributed by atoms with E-state index in [9.17, 15) is 4.79 Å². The van der Waals surface area contributed by atoms with Gasteiger partial charge in [-0.3, -0.25) is 0 Å². The number of hydrogen-bond donors (Lipinski definition) is 1. The van der Waals surface area contributed by atoms with E-state index in [0.29, 0.717) is 0 Å². The third-order valence-electron chi connectivity index (χ3n) is 2.00. The number of aromatic carboxylic acids is 1. The molecular weight excluding hydrogens is 270 g/mol. The Kier molecular flexibility index (Phi) is 4.16. The Morgan fingerprint density at radius 3 is 2.72 bits per heavy atom. The second-order valence-corrected chi connectivity index (χ2v) is 5.10. The zero-order valence-corrected chi connectivity index (χ0v) is 11.0. The van der Waals surface area contributed by atoms with Crippen LogP contribution in [0.15, 0.2) is 45.7 Å². The summed E-state index contributed by atoms with van der Waals surface area (Å²) in [6.07, 6.45) is 4.90. The van der Waals surface area contributed by atoms with Crippen LogP contribution in [0.2, 0.25) is 0 Å². The monoisotopic (exact) mass is 279 g/mol. The van der Waals surface area contributed by atoms with Crippen LogP contribution in [0.4, 0.5) is 0 Å². The SMILES string of the molecule is CSc1cc(Sc2ccnc(C(=O)O)c2)ncn1. The first-order valence-electron chi connectivity index (χ1n) is 4.92. The van der Waals surface area contributed by atoms with Crippen LogP contribution in [-0.2, 0) is 0 Å². The van der Waals surface area contributed by atoms with Crippen molar-refractivity contribution in [3.63, 3.8) is 0 Å². The van der Waals surface area contributed by atoms with Gasteiger partial charge in [0.25, 0.3) is 0 Å². The molecule has 0 amide bonds. The molecule has 0 aliphatic heterocycles. The van der Waals surface area contributed by atoms with E-state index >= 15 is 0 Å². The zero-order chi connectivity index (χ0) is 13.0. The fraction of sp³-hybridized carbons (Fsp3) is 0.0909. The first kappa shape index (κ1) is 12.8. The van der Waals surface area contributed by atoms with Crippen LogP contribution in [0, 0.1) is 0 Å². The van der Waals surface area contributed by atoms with E-state index in [1.54, 1.807) is 6.07 Å². The number of rotatable bonds is 4. The summed E-state index contributed by atoms with van der Waals surface area (Å²) in [5.41, 5.74) is 0.0270. The normalized spacial score (nSPS) is 10.3. The predicted octanol–water partition coefficient (Wildman–Crippen LogP) is 2.44. The summed E-state index contributed by atoms with van der Waals surface area (Å²) in [6, 6.07) is 5.13. The minimum absolute atomic E-state index is 0.0270. The van der Waals surface area contributed by atoms with Crippen LogP contribution >= 0.6 is 23.5 Å². The van der Waals surface area contributed by atoms with Crippen LogP contribution in [0.3, 0.4) is 0 Å². The number of pyridine rings is 1. The molecule has 0 unspecified atom stereocenters. The van der Waals surface area contributed by atoms with Crippen LogP contribution < -0.4 is 0 Å². The molecule has 7 heteroatoms. The lowest BCUT2D eigenvalue weighted by Gasteiger charge is -2.02. The number of aromatic nitrogens is 3. The summed E-state index contributed by atoms with van der Waals surface area (Å²) < 4.78 is 0. The first-order valence-corrected chi connectivity index (χ1v) is 6.96. The minimum atomic E-state index is -1.04. The molecule has 0 bridgehead atoms. The van der Waals surface area contributed by atoms with Crippen molar-refractivity contribution in [3.05, 3.63) is 36.4 Å². The lowest BCUT2D eigenvalue weighted by Crippen LogP contribution is -1.99. The Bertz CT molecular complexity index is 578. The molecular formula is C11H9N3O2S2. The maximum atomic E-state index is 10.8. The van der Waals surface area contributed by atoms with E-state index in [4.69, 9.17) is 5.11 Å². The molecule has 0 saturated heterocycles. The average Bonchev–Trinajstić information content (AvgIpc) is 2.39. The standard InChI is InChI=1S/C11H9N3O2S2/c1-17-9-5-10(14-6-13-9)18-7-2-3-12-8(4-7)11(15)16/h2-6H,1H3,(H,15,16). The van der Waals surface area contributed by atoms with Gasteiger partial charge in [-0.15, -0.1) is 11.8 Å². The van der Waals surface area contributed by atoms with Gasteiger partial charge < -0.3 is 5.11 Å². The Balaban J connectivity index is 2.22. The molecule has 5 nitrogen and oxygen atoms in total.